The predicted molar refractivity (Wildman–Crippen MR) is 212 cm³/mol. The van der Waals surface area contributed by atoms with Crippen molar-refractivity contribution in [1.29, 1.82) is 0 Å². The molecule has 0 aliphatic rings. The first kappa shape index (κ1) is 29.5. The smallest absolute Gasteiger partial charge is 0.0547 e. The van der Waals surface area contributed by atoms with Gasteiger partial charge in [-0.2, -0.15) is 0 Å². The summed E-state index contributed by atoms with van der Waals surface area (Å²) in [6.45, 7) is 0. The van der Waals surface area contributed by atoms with E-state index in [4.69, 9.17) is 0 Å². The number of benzene rings is 8. The molecule has 1 aromatic heterocycles. The highest BCUT2D eigenvalue weighted by molar-refractivity contribution is 6.10. The van der Waals surface area contributed by atoms with Gasteiger partial charge in [0, 0.05) is 27.8 Å². The molecule has 0 aliphatic heterocycles. The van der Waals surface area contributed by atoms with E-state index in [-0.39, 0.29) is 0 Å². The van der Waals surface area contributed by atoms with E-state index < -0.39 is 0 Å². The zero-order valence-corrected chi connectivity index (χ0v) is 27.5. The fraction of sp³-hybridized carbons (Fsp3) is 0. The summed E-state index contributed by atoms with van der Waals surface area (Å²) in [6.07, 6.45) is 0. The van der Waals surface area contributed by atoms with Gasteiger partial charge in [-0.15, -0.1) is 0 Å². The Morgan fingerprint density at radius 3 is 1.20 bits per heavy atom. The molecule has 50 heavy (non-hydrogen) atoms. The van der Waals surface area contributed by atoms with Gasteiger partial charge in [-0.3, -0.25) is 0 Å². The van der Waals surface area contributed by atoms with E-state index in [1.54, 1.807) is 0 Å². The molecule has 236 valence electrons. The fourth-order valence-corrected chi connectivity index (χ4v) is 7.00. The molecule has 0 fully saturated rings. The van der Waals surface area contributed by atoms with Gasteiger partial charge >= 0.3 is 0 Å². The highest BCUT2D eigenvalue weighted by Crippen LogP contribution is 2.35. The summed E-state index contributed by atoms with van der Waals surface area (Å²) in [5.74, 6) is 0. The Balaban J connectivity index is 0.917. The molecule has 0 bridgehead atoms. The molecule has 0 spiro atoms. The Morgan fingerprint density at radius 1 is 0.280 bits per heavy atom. The molecule has 9 aromatic rings. The zero-order valence-electron chi connectivity index (χ0n) is 27.5. The topological polar surface area (TPSA) is 17.0 Å². The first-order valence-electron chi connectivity index (χ1n) is 17.1. The van der Waals surface area contributed by atoms with E-state index in [9.17, 15) is 0 Å². The highest BCUT2D eigenvalue weighted by atomic mass is 15.0. The van der Waals surface area contributed by atoms with Crippen LogP contribution >= 0.6 is 0 Å². The van der Waals surface area contributed by atoms with Gasteiger partial charge in [-0.1, -0.05) is 152 Å². The second kappa shape index (κ2) is 12.8. The van der Waals surface area contributed by atoms with E-state index in [0.29, 0.717) is 0 Å². The lowest BCUT2D eigenvalue weighted by Gasteiger charge is -2.10. The SMILES string of the molecule is c1ccc(-c2ccc(Nc3ccc(-c4ccc(-c5ccc(-c6ccc7c8ccccc8n(-c8ccccc8)c7c6)cc5)cc4)cc3)cc2)cc1. The molecule has 1 N–H and O–H groups in total. The highest BCUT2D eigenvalue weighted by Gasteiger charge is 2.13. The number of anilines is 2. The Labute approximate surface area is 292 Å². The van der Waals surface area contributed by atoms with Crippen molar-refractivity contribution in [2.75, 3.05) is 5.32 Å². The Hall–Kier alpha value is -6.64. The number of nitrogens with one attached hydrogen (secondary N) is 1. The molecule has 8 aromatic carbocycles. The van der Waals surface area contributed by atoms with Crippen LogP contribution in [0.2, 0.25) is 0 Å². The lowest BCUT2D eigenvalue weighted by atomic mass is 9.97. The minimum Gasteiger partial charge on any atom is -0.356 e. The minimum atomic E-state index is 1.07. The summed E-state index contributed by atoms with van der Waals surface area (Å²) in [5.41, 5.74) is 15.4. The van der Waals surface area contributed by atoms with Gasteiger partial charge in [-0.05, 0) is 93.0 Å². The molecule has 0 radical (unpaired) electrons. The number of rotatable bonds is 7. The number of fused-ring (bicyclic) bond motifs is 3. The van der Waals surface area contributed by atoms with Crippen LogP contribution in [-0.2, 0) is 0 Å². The van der Waals surface area contributed by atoms with Crippen LogP contribution in [-0.4, -0.2) is 4.57 Å². The van der Waals surface area contributed by atoms with Crippen molar-refractivity contribution in [3.8, 4) is 50.2 Å². The Morgan fingerprint density at radius 2 is 0.660 bits per heavy atom. The van der Waals surface area contributed by atoms with Crippen molar-refractivity contribution in [3.05, 3.63) is 200 Å². The zero-order chi connectivity index (χ0) is 33.3. The van der Waals surface area contributed by atoms with E-state index in [1.165, 1.54) is 72.0 Å². The number of para-hydroxylation sites is 2. The third-order valence-corrected chi connectivity index (χ3v) is 9.62. The monoisotopic (exact) mass is 638 g/mol. The Kier molecular flexibility index (Phi) is 7.53. The fourth-order valence-electron chi connectivity index (χ4n) is 7.00. The van der Waals surface area contributed by atoms with Crippen LogP contribution in [0.1, 0.15) is 0 Å². The lowest BCUT2D eigenvalue weighted by Crippen LogP contribution is -1.93. The van der Waals surface area contributed by atoms with Crippen LogP contribution in [0.5, 0.6) is 0 Å². The molecule has 0 saturated heterocycles. The second-order valence-electron chi connectivity index (χ2n) is 12.7. The normalized spacial score (nSPS) is 11.2. The largest absolute Gasteiger partial charge is 0.356 e. The van der Waals surface area contributed by atoms with Crippen LogP contribution in [0.15, 0.2) is 200 Å². The molecule has 0 unspecified atom stereocenters. The van der Waals surface area contributed by atoms with Crippen LogP contribution in [0, 0.1) is 0 Å². The van der Waals surface area contributed by atoms with Crippen molar-refractivity contribution >= 4 is 33.2 Å². The maximum Gasteiger partial charge on any atom is 0.0547 e. The van der Waals surface area contributed by atoms with Crippen LogP contribution in [0.25, 0.3) is 72.0 Å². The first-order chi connectivity index (χ1) is 24.8. The maximum atomic E-state index is 3.53. The summed E-state index contributed by atoms with van der Waals surface area (Å²) in [7, 11) is 0. The molecule has 0 atom stereocenters. The number of hydrogen-bond acceptors (Lipinski definition) is 1. The molecule has 2 nitrogen and oxygen atoms in total. The quantitative estimate of drug-likeness (QED) is 0.184. The standard InChI is InChI=1S/C48H34N2/c1-3-9-34(10-4-1)38-23-28-42(29-24-38)49-43-30-25-39(26-31-43)37-17-15-35(16-18-37)36-19-21-40(22-20-36)41-27-32-46-45-13-7-8-14-47(45)50(48(46)33-41)44-11-5-2-6-12-44/h1-33,49H. The molecule has 9 rings (SSSR count). The molecular weight excluding hydrogens is 605 g/mol. The van der Waals surface area contributed by atoms with Gasteiger partial charge in [0.1, 0.15) is 0 Å². The van der Waals surface area contributed by atoms with Gasteiger partial charge in [-0.25, -0.2) is 0 Å². The van der Waals surface area contributed by atoms with E-state index in [2.05, 4.69) is 204 Å². The van der Waals surface area contributed by atoms with E-state index >= 15 is 0 Å². The summed E-state index contributed by atoms with van der Waals surface area (Å²) in [4.78, 5) is 0. The van der Waals surface area contributed by atoms with Crippen molar-refractivity contribution in [1.82, 2.24) is 4.57 Å². The Bertz CT molecular complexity index is 2550. The van der Waals surface area contributed by atoms with Crippen LogP contribution in [0.3, 0.4) is 0 Å². The van der Waals surface area contributed by atoms with Crippen LogP contribution in [0.4, 0.5) is 11.4 Å². The first-order valence-corrected chi connectivity index (χ1v) is 17.1. The third-order valence-electron chi connectivity index (χ3n) is 9.62. The van der Waals surface area contributed by atoms with Gasteiger partial charge < -0.3 is 9.88 Å². The molecule has 0 amide bonds. The summed E-state index contributed by atoms with van der Waals surface area (Å²) < 4.78 is 2.37. The number of nitrogens with zero attached hydrogens (tertiary/aromatic N) is 1. The van der Waals surface area contributed by atoms with Crippen molar-refractivity contribution in [2.45, 2.75) is 0 Å². The van der Waals surface area contributed by atoms with Crippen molar-refractivity contribution in [2.24, 2.45) is 0 Å². The molecule has 0 saturated carbocycles. The van der Waals surface area contributed by atoms with Gasteiger partial charge in [0.05, 0.1) is 11.0 Å². The average molecular weight is 639 g/mol. The number of hydrogen-bond donors (Lipinski definition) is 1. The van der Waals surface area contributed by atoms with E-state index in [1.807, 2.05) is 6.07 Å². The average Bonchev–Trinajstić information content (AvgIpc) is 3.53. The summed E-state index contributed by atoms with van der Waals surface area (Å²) in [6, 6.07) is 71.6. The van der Waals surface area contributed by atoms with Crippen LogP contribution < -0.4 is 5.32 Å². The molecule has 1 heterocycles. The molecule has 2 heteroatoms. The third kappa shape index (κ3) is 5.63. The number of aromatic nitrogens is 1. The van der Waals surface area contributed by atoms with Gasteiger partial charge in [0.25, 0.3) is 0 Å². The van der Waals surface area contributed by atoms with Gasteiger partial charge in [0.2, 0.25) is 0 Å². The summed E-state index contributed by atoms with van der Waals surface area (Å²) in [5, 5.41) is 6.07. The molecule has 0 aliphatic carbocycles. The van der Waals surface area contributed by atoms with Crippen molar-refractivity contribution in [3.63, 3.8) is 0 Å². The van der Waals surface area contributed by atoms with Crippen molar-refractivity contribution < 1.29 is 0 Å². The predicted octanol–water partition coefficient (Wildman–Crippen LogP) is 13.2. The van der Waals surface area contributed by atoms with Gasteiger partial charge in [0.15, 0.2) is 0 Å². The lowest BCUT2D eigenvalue weighted by molar-refractivity contribution is 1.18. The minimum absolute atomic E-state index is 1.07. The second-order valence-corrected chi connectivity index (χ2v) is 12.7. The summed E-state index contributed by atoms with van der Waals surface area (Å²) >= 11 is 0. The van der Waals surface area contributed by atoms with E-state index in [0.717, 1.165) is 11.4 Å². The molecular formula is C48H34N2. The maximum absolute atomic E-state index is 3.53.